The summed E-state index contributed by atoms with van der Waals surface area (Å²) < 4.78 is 22.6. The molecule has 1 atom stereocenters. The zero-order chi connectivity index (χ0) is 26.1. The molecule has 0 radical (unpaired) electrons. The van der Waals surface area contributed by atoms with E-state index < -0.39 is 11.7 Å². The maximum Gasteiger partial charge on any atom is 0.336 e. The van der Waals surface area contributed by atoms with Crippen molar-refractivity contribution in [1.82, 2.24) is 4.90 Å². The maximum atomic E-state index is 13.6. The average Bonchev–Trinajstić information content (AvgIpc) is 2.90. The smallest absolute Gasteiger partial charge is 0.336 e. The van der Waals surface area contributed by atoms with Crippen molar-refractivity contribution in [3.8, 4) is 17.2 Å². The van der Waals surface area contributed by atoms with Crippen LogP contribution in [0.25, 0.3) is 11.0 Å². The van der Waals surface area contributed by atoms with Gasteiger partial charge < -0.3 is 23.5 Å². The van der Waals surface area contributed by atoms with E-state index >= 15 is 0 Å². The van der Waals surface area contributed by atoms with Crippen molar-refractivity contribution in [3.63, 3.8) is 0 Å². The van der Waals surface area contributed by atoms with Crippen LogP contribution in [0.3, 0.4) is 0 Å². The highest BCUT2D eigenvalue weighted by Crippen LogP contribution is 2.39. The van der Waals surface area contributed by atoms with Gasteiger partial charge in [-0.15, -0.1) is 0 Å². The molecular weight excluding hydrogens is 494 g/mol. The van der Waals surface area contributed by atoms with Crippen LogP contribution in [0.2, 0.25) is 5.02 Å². The number of aryl methyl sites for hydroxylation is 1. The molecule has 0 spiro atoms. The first-order valence-corrected chi connectivity index (χ1v) is 12.2. The summed E-state index contributed by atoms with van der Waals surface area (Å²) in [6.45, 7) is 2.55. The second-order valence-electron chi connectivity index (χ2n) is 8.89. The molecule has 0 saturated heterocycles. The Morgan fingerprint density at radius 1 is 1.03 bits per heavy atom. The van der Waals surface area contributed by atoms with Crippen LogP contribution >= 0.6 is 11.6 Å². The van der Waals surface area contributed by atoms with Crippen LogP contribution in [0.4, 0.5) is 0 Å². The van der Waals surface area contributed by atoms with Gasteiger partial charge in [0.25, 0.3) is 5.91 Å². The molecule has 0 unspecified atom stereocenters. The molecule has 3 aromatic carbocycles. The molecule has 1 amide bonds. The standard InChI is InChI=1S/C29H26ClNO6/c1-17-12-28(32)37-25-14-21(8-9-22(17)25)36-16-24-23-15-27(35-3)26(34-2)13-19(23)10-11-31(24)29(33)18-4-6-20(30)7-5-18/h4-9,12-15,24H,10-11,16H2,1-3H3/t24-/m0/s1. The molecule has 0 fully saturated rings. The minimum absolute atomic E-state index is 0.120. The molecule has 37 heavy (non-hydrogen) atoms. The van der Waals surface area contributed by atoms with Crippen LogP contribution in [0.1, 0.15) is 33.1 Å². The topological polar surface area (TPSA) is 78.2 Å². The summed E-state index contributed by atoms with van der Waals surface area (Å²) in [5, 5.41) is 1.40. The molecule has 2 heterocycles. The van der Waals surface area contributed by atoms with Crippen LogP contribution in [-0.2, 0) is 6.42 Å². The van der Waals surface area contributed by atoms with Gasteiger partial charge in [0.15, 0.2) is 11.5 Å². The lowest BCUT2D eigenvalue weighted by atomic mass is 9.91. The van der Waals surface area contributed by atoms with E-state index in [2.05, 4.69) is 0 Å². The Kier molecular flexibility index (Phi) is 6.80. The first-order chi connectivity index (χ1) is 17.9. The molecule has 4 aromatic rings. The molecule has 1 aromatic heterocycles. The lowest BCUT2D eigenvalue weighted by Gasteiger charge is -2.37. The summed E-state index contributed by atoms with van der Waals surface area (Å²) in [6, 6.07) is 17.2. The zero-order valence-corrected chi connectivity index (χ0v) is 21.5. The number of fused-ring (bicyclic) bond motifs is 2. The van der Waals surface area contributed by atoms with Crippen LogP contribution in [0, 0.1) is 6.92 Å². The van der Waals surface area contributed by atoms with Crippen molar-refractivity contribution < 1.29 is 23.4 Å². The molecule has 5 rings (SSSR count). The van der Waals surface area contributed by atoms with Gasteiger partial charge in [-0.1, -0.05) is 11.6 Å². The largest absolute Gasteiger partial charge is 0.493 e. The molecule has 190 valence electrons. The molecule has 8 heteroatoms. The third-order valence-electron chi connectivity index (χ3n) is 6.69. The van der Waals surface area contributed by atoms with Crippen LogP contribution in [-0.4, -0.2) is 38.2 Å². The fraction of sp³-hybridized carbons (Fsp3) is 0.241. The van der Waals surface area contributed by atoms with E-state index in [0.717, 1.165) is 22.1 Å². The van der Waals surface area contributed by atoms with E-state index in [4.69, 9.17) is 30.2 Å². The van der Waals surface area contributed by atoms with Crippen molar-refractivity contribution in [2.75, 3.05) is 27.4 Å². The highest BCUT2D eigenvalue weighted by molar-refractivity contribution is 6.30. The number of benzene rings is 3. The van der Waals surface area contributed by atoms with Gasteiger partial charge >= 0.3 is 5.63 Å². The molecule has 1 aliphatic rings. The van der Waals surface area contributed by atoms with Gasteiger partial charge in [0.1, 0.15) is 17.9 Å². The summed E-state index contributed by atoms with van der Waals surface area (Å²) >= 11 is 6.04. The third kappa shape index (κ3) is 4.87. The van der Waals surface area contributed by atoms with Gasteiger partial charge in [0.2, 0.25) is 0 Å². The van der Waals surface area contributed by atoms with Gasteiger partial charge in [-0.2, -0.15) is 0 Å². The van der Waals surface area contributed by atoms with Crippen molar-refractivity contribution >= 4 is 28.5 Å². The average molecular weight is 520 g/mol. The van der Waals surface area contributed by atoms with E-state index in [1.807, 2.05) is 36.1 Å². The van der Waals surface area contributed by atoms with Gasteiger partial charge in [-0.3, -0.25) is 4.79 Å². The summed E-state index contributed by atoms with van der Waals surface area (Å²) in [6.07, 6.45) is 0.659. The highest BCUT2D eigenvalue weighted by atomic mass is 35.5. The molecule has 0 aliphatic carbocycles. The Bertz CT molecular complexity index is 1530. The van der Waals surface area contributed by atoms with E-state index in [1.54, 1.807) is 44.6 Å². The Balaban J connectivity index is 1.51. The second-order valence-corrected chi connectivity index (χ2v) is 9.33. The van der Waals surface area contributed by atoms with Gasteiger partial charge in [-0.05, 0) is 78.6 Å². The molecule has 0 N–H and O–H groups in total. The van der Waals surface area contributed by atoms with E-state index in [9.17, 15) is 9.59 Å². The minimum atomic E-state index is -0.413. The Morgan fingerprint density at radius 2 is 1.76 bits per heavy atom. The maximum absolute atomic E-state index is 13.6. The predicted octanol–water partition coefficient (Wildman–Crippen LogP) is 5.59. The first kappa shape index (κ1) is 24.7. The van der Waals surface area contributed by atoms with Crippen LogP contribution in [0.15, 0.2) is 69.9 Å². The van der Waals surface area contributed by atoms with E-state index in [-0.39, 0.29) is 12.5 Å². The number of ether oxygens (including phenoxy) is 3. The van der Waals surface area contributed by atoms with E-state index in [0.29, 0.717) is 46.4 Å². The lowest BCUT2D eigenvalue weighted by molar-refractivity contribution is 0.0589. The SMILES string of the molecule is COc1cc2c(cc1OC)[C@H](COc1ccc3c(C)cc(=O)oc3c1)N(C(=O)c1ccc(Cl)cc1)CC2. The number of carbonyl (C=O) groups is 1. The highest BCUT2D eigenvalue weighted by Gasteiger charge is 2.33. The van der Waals surface area contributed by atoms with Crippen molar-refractivity contribution in [1.29, 1.82) is 0 Å². The summed E-state index contributed by atoms with van der Waals surface area (Å²) in [4.78, 5) is 27.3. The number of nitrogens with zero attached hydrogens (tertiary/aromatic N) is 1. The van der Waals surface area contributed by atoms with Gasteiger partial charge in [0.05, 0.1) is 20.3 Å². The molecule has 7 nitrogen and oxygen atoms in total. The number of hydrogen-bond donors (Lipinski definition) is 0. The molecule has 0 bridgehead atoms. The lowest BCUT2D eigenvalue weighted by Crippen LogP contribution is -2.42. The summed E-state index contributed by atoms with van der Waals surface area (Å²) in [5.41, 5.74) is 3.40. The summed E-state index contributed by atoms with van der Waals surface area (Å²) in [7, 11) is 3.18. The second kappa shape index (κ2) is 10.2. The van der Waals surface area contributed by atoms with E-state index in [1.165, 1.54) is 6.07 Å². The number of amides is 1. The third-order valence-corrected chi connectivity index (χ3v) is 6.94. The van der Waals surface area contributed by atoms with Crippen LogP contribution in [0.5, 0.6) is 17.2 Å². The minimum Gasteiger partial charge on any atom is -0.493 e. The number of halogens is 1. The fourth-order valence-corrected chi connectivity index (χ4v) is 4.91. The first-order valence-electron chi connectivity index (χ1n) is 11.9. The zero-order valence-electron chi connectivity index (χ0n) is 20.7. The normalized spacial score (nSPS) is 14.8. The number of rotatable bonds is 6. The monoisotopic (exact) mass is 519 g/mol. The fourth-order valence-electron chi connectivity index (χ4n) is 4.78. The van der Waals surface area contributed by atoms with Crippen LogP contribution < -0.4 is 19.8 Å². The number of methoxy groups -OCH3 is 2. The molecule has 1 aliphatic heterocycles. The Morgan fingerprint density at radius 3 is 2.49 bits per heavy atom. The Hall–Kier alpha value is -3.97. The number of carbonyl (C=O) groups excluding carboxylic acids is 1. The predicted molar refractivity (Wildman–Crippen MR) is 141 cm³/mol. The van der Waals surface area contributed by atoms with Crippen molar-refractivity contribution in [2.24, 2.45) is 0 Å². The number of hydrogen-bond acceptors (Lipinski definition) is 6. The molecular formula is C29H26ClNO6. The molecule has 0 saturated carbocycles. The van der Waals surface area contributed by atoms with Crippen molar-refractivity contribution in [2.45, 2.75) is 19.4 Å². The Labute approximate surface area is 219 Å². The summed E-state index contributed by atoms with van der Waals surface area (Å²) in [5.74, 6) is 1.63. The quantitative estimate of drug-likeness (QED) is 0.309. The van der Waals surface area contributed by atoms with Crippen molar-refractivity contribution in [3.05, 3.63) is 98.4 Å². The van der Waals surface area contributed by atoms with Gasteiger partial charge in [0, 0.05) is 34.6 Å². The van der Waals surface area contributed by atoms with Gasteiger partial charge in [-0.25, -0.2) is 4.79 Å².